The van der Waals surface area contributed by atoms with Crippen LogP contribution in [0.3, 0.4) is 0 Å². The fourth-order valence-electron chi connectivity index (χ4n) is 4.68. The van der Waals surface area contributed by atoms with Crippen LogP contribution in [0.15, 0.2) is 67.1 Å². The van der Waals surface area contributed by atoms with Gasteiger partial charge in [0, 0.05) is 31.2 Å². The number of aromatic amines is 1. The van der Waals surface area contributed by atoms with Crippen molar-refractivity contribution in [1.29, 1.82) is 0 Å². The molecule has 12 nitrogen and oxygen atoms in total. The summed E-state index contributed by atoms with van der Waals surface area (Å²) in [6.45, 7) is 0.712. The van der Waals surface area contributed by atoms with E-state index in [0.29, 0.717) is 24.2 Å². The van der Waals surface area contributed by atoms with Crippen LogP contribution in [-0.2, 0) is 38.4 Å². The van der Waals surface area contributed by atoms with Gasteiger partial charge in [0.2, 0.25) is 17.7 Å². The average molecular weight is 563 g/mol. The highest BCUT2D eigenvalue weighted by Crippen LogP contribution is 2.13. The molecule has 1 aliphatic heterocycles. The molecule has 0 radical (unpaired) electrons. The Labute approximate surface area is 237 Å². The van der Waals surface area contributed by atoms with Crippen molar-refractivity contribution < 1.29 is 29.4 Å². The van der Waals surface area contributed by atoms with Gasteiger partial charge in [-0.1, -0.05) is 42.5 Å². The summed E-state index contributed by atoms with van der Waals surface area (Å²) in [5.74, 6) is -2.79. The second-order valence-electron chi connectivity index (χ2n) is 10.0. The van der Waals surface area contributed by atoms with Gasteiger partial charge < -0.3 is 36.5 Å². The summed E-state index contributed by atoms with van der Waals surface area (Å²) >= 11 is 0. The Morgan fingerprint density at radius 1 is 0.854 bits per heavy atom. The number of nitrogens with one attached hydrogen (secondary N) is 5. The number of carbonyl (C=O) groups is 4. The molecule has 1 aromatic heterocycles. The Morgan fingerprint density at radius 3 is 2.10 bits per heavy atom. The lowest BCUT2D eigenvalue weighted by Gasteiger charge is -2.25. The molecule has 1 aliphatic rings. The summed E-state index contributed by atoms with van der Waals surface area (Å²) < 4.78 is 0. The fraction of sp³-hybridized carbons (Fsp3) is 0.345. The number of carbonyl (C=O) groups excluding carboxylic acids is 3. The first kappa shape index (κ1) is 29.3. The third-order valence-electron chi connectivity index (χ3n) is 6.90. The number of rotatable bonds is 13. The predicted octanol–water partition coefficient (Wildman–Crippen LogP) is 0.434. The maximum atomic E-state index is 13.6. The third-order valence-corrected chi connectivity index (χ3v) is 6.90. The lowest BCUT2D eigenvalue weighted by atomic mass is 10.0. The second kappa shape index (κ2) is 14.1. The number of carboxylic acids is 1. The van der Waals surface area contributed by atoms with E-state index in [-0.39, 0.29) is 30.9 Å². The first-order chi connectivity index (χ1) is 19.8. The molecule has 0 bridgehead atoms. The van der Waals surface area contributed by atoms with Crippen LogP contribution < -0.4 is 21.3 Å². The van der Waals surface area contributed by atoms with Crippen molar-refractivity contribution in [2.24, 2.45) is 0 Å². The summed E-state index contributed by atoms with van der Waals surface area (Å²) in [6.07, 6.45) is 4.71. The van der Waals surface area contributed by atoms with Crippen molar-refractivity contribution in [2.45, 2.75) is 56.3 Å². The molecule has 4 atom stereocenters. The number of H-pyrrole nitrogens is 1. The zero-order valence-corrected chi connectivity index (χ0v) is 22.4. The number of imidazole rings is 1. The van der Waals surface area contributed by atoms with Crippen LogP contribution in [0.2, 0.25) is 0 Å². The van der Waals surface area contributed by atoms with Gasteiger partial charge in [-0.3, -0.25) is 14.4 Å². The van der Waals surface area contributed by atoms with Crippen molar-refractivity contribution in [3.8, 4) is 5.75 Å². The molecular weight excluding hydrogens is 528 g/mol. The molecule has 3 aromatic rings. The molecule has 0 saturated carbocycles. The third kappa shape index (κ3) is 8.64. The molecule has 1 fully saturated rings. The largest absolute Gasteiger partial charge is 0.508 e. The number of aromatic nitrogens is 2. The molecule has 0 spiro atoms. The van der Waals surface area contributed by atoms with E-state index >= 15 is 0 Å². The summed E-state index contributed by atoms with van der Waals surface area (Å²) in [5, 5.41) is 30.5. The minimum Gasteiger partial charge on any atom is -0.508 e. The topological polar surface area (TPSA) is 186 Å². The number of carboxylic acid groups (broad SMARTS) is 1. The minimum absolute atomic E-state index is 0.0275. The van der Waals surface area contributed by atoms with Crippen LogP contribution in [0, 0.1) is 0 Å². The van der Waals surface area contributed by atoms with E-state index in [0.717, 1.165) is 12.0 Å². The Kier molecular flexibility index (Phi) is 10.1. The zero-order chi connectivity index (χ0) is 29.2. The van der Waals surface area contributed by atoms with Crippen LogP contribution in [0.4, 0.5) is 0 Å². The molecule has 216 valence electrons. The van der Waals surface area contributed by atoms with Crippen molar-refractivity contribution in [1.82, 2.24) is 31.2 Å². The van der Waals surface area contributed by atoms with E-state index in [4.69, 9.17) is 0 Å². The van der Waals surface area contributed by atoms with Crippen LogP contribution in [-0.4, -0.2) is 74.6 Å². The highest BCUT2D eigenvalue weighted by atomic mass is 16.4. The first-order valence-corrected chi connectivity index (χ1v) is 13.4. The number of amides is 3. The van der Waals surface area contributed by atoms with Gasteiger partial charge in [0.15, 0.2) is 0 Å². The van der Waals surface area contributed by atoms with Gasteiger partial charge in [-0.25, -0.2) is 9.78 Å². The van der Waals surface area contributed by atoms with E-state index < -0.39 is 42.0 Å². The minimum atomic E-state index is -1.28. The number of benzene rings is 2. The van der Waals surface area contributed by atoms with Crippen LogP contribution in [0.5, 0.6) is 5.75 Å². The Hall–Kier alpha value is -4.71. The molecule has 3 amide bonds. The van der Waals surface area contributed by atoms with Gasteiger partial charge in [-0.2, -0.15) is 0 Å². The summed E-state index contributed by atoms with van der Waals surface area (Å²) in [7, 11) is 0. The molecule has 4 unspecified atom stereocenters. The quantitative estimate of drug-likeness (QED) is 0.156. The van der Waals surface area contributed by atoms with Gasteiger partial charge in [0.1, 0.15) is 23.9 Å². The molecule has 12 heteroatoms. The highest BCUT2D eigenvalue weighted by molar-refractivity contribution is 5.94. The molecule has 2 aromatic carbocycles. The van der Waals surface area contributed by atoms with E-state index in [1.54, 1.807) is 42.6 Å². The number of hydrogen-bond donors (Lipinski definition) is 7. The lowest BCUT2D eigenvalue weighted by Crippen LogP contribution is -2.58. The number of aliphatic carboxylic acids is 1. The maximum Gasteiger partial charge on any atom is 0.326 e. The van der Waals surface area contributed by atoms with E-state index in [9.17, 15) is 29.4 Å². The van der Waals surface area contributed by atoms with Crippen LogP contribution in [0.1, 0.15) is 29.7 Å². The van der Waals surface area contributed by atoms with E-state index in [1.807, 2.05) is 6.07 Å². The van der Waals surface area contributed by atoms with Gasteiger partial charge in [0.05, 0.1) is 12.4 Å². The Balaban J connectivity index is 1.52. The normalized spacial score (nSPS) is 16.7. The molecule has 0 aliphatic carbocycles. The summed E-state index contributed by atoms with van der Waals surface area (Å²) in [5.41, 5.74) is 1.97. The highest BCUT2D eigenvalue weighted by Gasteiger charge is 2.32. The van der Waals surface area contributed by atoms with Crippen molar-refractivity contribution in [2.75, 3.05) is 6.54 Å². The second-order valence-corrected chi connectivity index (χ2v) is 10.0. The van der Waals surface area contributed by atoms with Gasteiger partial charge in [-0.05, 0) is 42.6 Å². The van der Waals surface area contributed by atoms with Crippen molar-refractivity contribution in [3.05, 3.63) is 83.9 Å². The number of nitrogens with zero attached hydrogens (tertiary/aromatic N) is 1. The van der Waals surface area contributed by atoms with Gasteiger partial charge >= 0.3 is 5.97 Å². The lowest BCUT2D eigenvalue weighted by molar-refractivity contribution is -0.142. The molecule has 2 heterocycles. The SMILES string of the molecule is O=C(O)C(Cc1ccc(O)cc1)NC(=O)C(Cc1ccccc1)NC(=O)C(Cc1cnc[nH]1)NC(=O)C1CCCN1. The smallest absolute Gasteiger partial charge is 0.326 e. The van der Waals surface area contributed by atoms with Gasteiger partial charge in [-0.15, -0.1) is 0 Å². The predicted molar refractivity (Wildman–Crippen MR) is 149 cm³/mol. The maximum absolute atomic E-state index is 13.6. The number of phenols is 1. The summed E-state index contributed by atoms with van der Waals surface area (Å²) in [6, 6.07) is 11.2. The Morgan fingerprint density at radius 2 is 1.49 bits per heavy atom. The standard InChI is InChI=1S/C29H34N6O6/c36-21-10-8-19(9-11-21)14-25(29(40)41)35-27(38)23(13-18-5-2-1-3-6-18)33-28(39)24(15-20-16-30-17-32-20)34-26(37)22-7-4-12-31-22/h1-3,5-6,8-11,16-17,22-25,31,36H,4,7,12-15H2,(H,30,32)(H,33,39)(H,34,37)(H,35,38)(H,40,41). The first-order valence-electron chi connectivity index (χ1n) is 13.4. The fourth-order valence-corrected chi connectivity index (χ4v) is 4.68. The monoisotopic (exact) mass is 562 g/mol. The molecule has 41 heavy (non-hydrogen) atoms. The van der Waals surface area contributed by atoms with Crippen molar-refractivity contribution >= 4 is 23.7 Å². The molecule has 1 saturated heterocycles. The number of aromatic hydroxyl groups is 1. The van der Waals surface area contributed by atoms with Crippen LogP contribution in [0.25, 0.3) is 0 Å². The molecule has 4 rings (SSSR count). The average Bonchev–Trinajstić information content (AvgIpc) is 3.68. The number of phenolic OH excluding ortho intramolecular Hbond substituents is 1. The Bertz CT molecular complexity index is 1310. The molecule has 7 N–H and O–H groups in total. The zero-order valence-electron chi connectivity index (χ0n) is 22.4. The van der Waals surface area contributed by atoms with Crippen LogP contribution >= 0.6 is 0 Å². The molecular formula is C29H34N6O6. The van der Waals surface area contributed by atoms with Gasteiger partial charge in [0.25, 0.3) is 0 Å². The van der Waals surface area contributed by atoms with E-state index in [1.165, 1.54) is 18.5 Å². The van der Waals surface area contributed by atoms with Crippen molar-refractivity contribution in [3.63, 3.8) is 0 Å². The summed E-state index contributed by atoms with van der Waals surface area (Å²) in [4.78, 5) is 58.8. The van der Waals surface area contributed by atoms with E-state index in [2.05, 4.69) is 31.2 Å². The number of hydrogen-bond acceptors (Lipinski definition) is 7.